The molecular formula is C17H20F3N3O2. The Morgan fingerprint density at radius 2 is 2.16 bits per heavy atom. The maximum Gasteiger partial charge on any atom is 0.418 e. The molecule has 0 aliphatic rings. The van der Waals surface area contributed by atoms with Crippen molar-refractivity contribution in [3.8, 4) is 5.69 Å². The summed E-state index contributed by atoms with van der Waals surface area (Å²) in [5.41, 5.74) is -0.989. The summed E-state index contributed by atoms with van der Waals surface area (Å²) in [7, 11) is 0. The Morgan fingerprint density at radius 1 is 1.40 bits per heavy atom. The van der Waals surface area contributed by atoms with Gasteiger partial charge in [0, 0.05) is 19.0 Å². The molecule has 1 atom stereocenters. The first-order valence-electron chi connectivity index (χ1n) is 7.96. The molecule has 1 aromatic carbocycles. The lowest BCUT2D eigenvalue weighted by molar-refractivity contribution is -0.137. The zero-order valence-corrected chi connectivity index (χ0v) is 14.0. The van der Waals surface area contributed by atoms with Gasteiger partial charge in [0.15, 0.2) is 0 Å². The van der Waals surface area contributed by atoms with Crippen LogP contribution in [0.15, 0.2) is 36.7 Å². The van der Waals surface area contributed by atoms with Crippen LogP contribution in [0.5, 0.6) is 0 Å². The number of anilines is 1. The molecule has 0 radical (unpaired) electrons. The van der Waals surface area contributed by atoms with Crippen LogP contribution >= 0.6 is 0 Å². The Morgan fingerprint density at radius 3 is 2.76 bits per heavy atom. The van der Waals surface area contributed by atoms with Gasteiger partial charge in [0.05, 0.1) is 16.9 Å². The molecule has 0 saturated heterocycles. The number of benzene rings is 1. The fourth-order valence-corrected chi connectivity index (χ4v) is 2.15. The number of alkyl halides is 3. The number of hydrogen-bond donors (Lipinski definition) is 1. The van der Waals surface area contributed by atoms with Crippen molar-refractivity contribution in [2.24, 2.45) is 0 Å². The minimum absolute atomic E-state index is 0.252. The van der Waals surface area contributed by atoms with Gasteiger partial charge in [-0.2, -0.15) is 18.3 Å². The monoisotopic (exact) mass is 355 g/mol. The van der Waals surface area contributed by atoms with Crippen molar-refractivity contribution >= 4 is 11.6 Å². The van der Waals surface area contributed by atoms with Gasteiger partial charge in [0.1, 0.15) is 6.10 Å². The van der Waals surface area contributed by atoms with E-state index in [1.54, 1.807) is 6.07 Å². The van der Waals surface area contributed by atoms with Crippen LogP contribution in [0.2, 0.25) is 0 Å². The molecule has 1 unspecified atom stereocenters. The number of amides is 1. The van der Waals surface area contributed by atoms with Crippen LogP contribution in [0.25, 0.3) is 5.69 Å². The number of nitrogens with one attached hydrogen (secondary N) is 1. The molecule has 0 bridgehead atoms. The summed E-state index contributed by atoms with van der Waals surface area (Å²) >= 11 is 0. The fraction of sp³-hybridized carbons (Fsp3) is 0.412. The number of ether oxygens (including phenoxy) is 1. The lowest BCUT2D eigenvalue weighted by Crippen LogP contribution is -2.29. The Balaban J connectivity index is 2.21. The van der Waals surface area contributed by atoms with Gasteiger partial charge >= 0.3 is 6.18 Å². The summed E-state index contributed by atoms with van der Waals surface area (Å²) in [5, 5.41) is 6.21. The fourth-order valence-electron chi connectivity index (χ4n) is 2.15. The van der Waals surface area contributed by atoms with Gasteiger partial charge in [-0.1, -0.05) is 13.3 Å². The van der Waals surface area contributed by atoms with Crippen molar-refractivity contribution in [2.45, 2.75) is 39.0 Å². The van der Waals surface area contributed by atoms with Crippen LogP contribution in [-0.4, -0.2) is 28.4 Å². The molecule has 1 aromatic heterocycles. The number of unbranched alkanes of at least 4 members (excludes halogenated alkanes) is 1. The highest BCUT2D eigenvalue weighted by Crippen LogP contribution is 2.36. The predicted octanol–water partition coefficient (Wildman–Crippen LogP) is 4.03. The van der Waals surface area contributed by atoms with E-state index in [9.17, 15) is 18.0 Å². The van der Waals surface area contributed by atoms with Crippen LogP contribution in [0.1, 0.15) is 32.3 Å². The van der Waals surface area contributed by atoms with E-state index in [0.29, 0.717) is 6.61 Å². The van der Waals surface area contributed by atoms with E-state index in [0.717, 1.165) is 18.9 Å². The third-order valence-corrected chi connectivity index (χ3v) is 3.57. The maximum atomic E-state index is 13.4. The Bertz CT molecular complexity index is 700. The Labute approximate surface area is 143 Å². The minimum Gasteiger partial charge on any atom is -0.369 e. The molecule has 1 amide bonds. The summed E-state index contributed by atoms with van der Waals surface area (Å²) in [6.45, 7) is 3.87. The lowest BCUT2D eigenvalue weighted by atomic mass is 10.1. The Kier molecular flexibility index (Phi) is 6.19. The summed E-state index contributed by atoms with van der Waals surface area (Å²) in [5.74, 6) is -0.617. The molecule has 1 N–H and O–H groups in total. The van der Waals surface area contributed by atoms with Crippen molar-refractivity contribution in [3.05, 3.63) is 42.2 Å². The molecule has 2 rings (SSSR count). The molecule has 0 fully saturated rings. The van der Waals surface area contributed by atoms with Gasteiger partial charge in [-0.25, -0.2) is 4.68 Å². The molecule has 8 heteroatoms. The van der Waals surface area contributed by atoms with Crippen LogP contribution in [0, 0.1) is 0 Å². The first-order valence-corrected chi connectivity index (χ1v) is 7.96. The second kappa shape index (κ2) is 8.15. The molecule has 0 saturated carbocycles. The first-order chi connectivity index (χ1) is 11.8. The van der Waals surface area contributed by atoms with Gasteiger partial charge < -0.3 is 10.1 Å². The van der Waals surface area contributed by atoms with E-state index >= 15 is 0 Å². The normalized spacial score (nSPS) is 12.8. The van der Waals surface area contributed by atoms with Gasteiger partial charge in [0.25, 0.3) is 5.91 Å². The quantitative estimate of drug-likeness (QED) is 0.763. The van der Waals surface area contributed by atoms with Crippen LogP contribution < -0.4 is 5.32 Å². The van der Waals surface area contributed by atoms with Gasteiger partial charge in [-0.3, -0.25) is 4.79 Å². The number of halogens is 3. The van der Waals surface area contributed by atoms with Crippen molar-refractivity contribution < 1.29 is 22.7 Å². The van der Waals surface area contributed by atoms with E-state index < -0.39 is 23.8 Å². The number of nitrogens with zero attached hydrogens (tertiary/aromatic N) is 2. The zero-order chi connectivity index (χ0) is 18.4. The number of rotatable bonds is 7. The third-order valence-electron chi connectivity index (χ3n) is 3.57. The largest absolute Gasteiger partial charge is 0.418 e. The van der Waals surface area contributed by atoms with E-state index in [2.05, 4.69) is 10.4 Å². The number of aromatic nitrogens is 2. The van der Waals surface area contributed by atoms with Gasteiger partial charge in [-0.05, 0) is 37.6 Å². The van der Waals surface area contributed by atoms with Gasteiger partial charge in [-0.15, -0.1) is 0 Å². The number of hydrogen-bond acceptors (Lipinski definition) is 3. The number of carbonyl (C=O) groups excluding carboxylic acids is 1. The summed E-state index contributed by atoms with van der Waals surface area (Å²) in [4.78, 5) is 12.1. The number of carbonyl (C=O) groups is 1. The van der Waals surface area contributed by atoms with Crippen molar-refractivity contribution in [1.82, 2.24) is 9.78 Å². The summed E-state index contributed by atoms with van der Waals surface area (Å²) in [6, 6.07) is 5.24. The summed E-state index contributed by atoms with van der Waals surface area (Å²) in [6.07, 6.45) is -0.752. The minimum atomic E-state index is -4.61. The van der Waals surface area contributed by atoms with Crippen LogP contribution in [-0.2, 0) is 15.7 Å². The van der Waals surface area contributed by atoms with Crippen molar-refractivity contribution in [3.63, 3.8) is 0 Å². The smallest absolute Gasteiger partial charge is 0.369 e. The van der Waals surface area contributed by atoms with E-state index in [1.165, 1.54) is 36.1 Å². The molecule has 1 heterocycles. The molecule has 2 aromatic rings. The standard InChI is InChI=1S/C17H20F3N3O2/c1-3-4-10-25-12(2)16(24)22-15-7-6-13(23-9-5-8-21-23)11-14(15)17(18,19)20/h5-9,11-12H,3-4,10H2,1-2H3,(H,22,24). The van der Waals surface area contributed by atoms with Gasteiger partial charge in [0.2, 0.25) is 0 Å². The van der Waals surface area contributed by atoms with Crippen LogP contribution in [0.3, 0.4) is 0 Å². The maximum absolute atomic E-state index is 13.4. The highest BCUT2D eigenvalue weighted by molar-refractivity contribution is 5.94. The average molecular weight is 355 g/mol. The molecule has 5 nitrogen and oxygen atoms in total. The molecule has 0 aliphatic carbocycles. The highest BCUT2D eigenvalue weighted by Gasteiger charge is 2.34. The summed E-state index contributed by atoms with van der Waals surface area (Å²) < 4.78 is 46.7. The molecular weight excluding hydrogens is 335 g/mol. The second-order valence-corrected chi connectivity index (χ2v) is 5.53. The molecule has 136 valence electrons. The predicted molar refractivity (Wildman–Crippen MR) is 87.5 cm³/mol. The highest BCUT2D eigenvalue weighted by atomic mass is 19.4. The SMILES string of the molecule is CCCCOC(C)C(=O)Nc1ccc(-n2cccn2)cc1C(F)(F)F. The van der Waals surface area contributed by atoms with E-state index in [4.69, 9.17) is 4.74 Å². The van der Waals surface area contributed by atoms with E-state index in [-0.39, 0.29) is 11.4 Å². The molecule has 0 spiro atoms. The van der Waals surface area contributed by atoms with Crippen molar-refractivity contribution in [1.29, 1.82) is 0 Å². The zero-order valence-electron chi connectivity index (χ0n) is 14.0. The topological polar surface area (TPSA) is 56.1 Å². The molecule has 25 heavy (non-hydrogen) atoms. The first kappa shape index (κ1) is 19.0. The molecule has 0 aliphatic heterocycles. The lowest BCUT2D eigenvalue weighted by Gasteiger charge is -2.18. The van der Waals surface area contributed by atoms with Crippen molar-refractivity contribution in [2.75, 3.05) is 11.9 Å². The van der Waals surface area contributed by atoms with E-state index in [1.807, 2.05) is 6.92 Å². The van der Waals surface area contributed by atoms with Crippen LogP contribution in [0.4, 0.5) is 18.9 Å². The third kappa shape index (κ3) is 5.06. The second-order valence-electron chi connectivity index (χ2n) is 5.53. The Hall–Kier alpha value is -2.35. The average Bonchev–Trinajstić information content (AvgIpc) is 3.08.